The molecule has 0 unspecified atom stereocenters. The Bertz CT molecular complexity index is 1150. The van der Waals surface area contributed by atoms with Gasteiger partial charge in [0.15, 0.2) is 0 Å². The van der Waals surface area contributed by atoms with Crippen LogP contribution in [0.15, 0.2) is 64.9 Å². The van der Waals surface area contributed by atoms with Gasteiger partial charge in [-0.1, -0.05) is 41.9 Å². The number of hydrogen-bond acceptors (Lipinski definition) is 4. The zero-order chi connectivity index (χ0) is 17.4. The first-order chi connectivity index (χ1) is 12.0. The van der Waals surface area contributed by atoms with Gasteiger partial charge in [-0.15, -0.1) is 11.3 Å². The number of benzene rings is 2. The summed E-state index contributed by atoms with van der Waals surface area (Å²) in [7, 11) is -3.67. The predicted octanol–water partition coefficient (Wildman–Crippen LogP) is 4.75. The first-order valence-electron chi connectivity index (χ1n) is 7.35. The van der Waals surface area contributed by atoms with Crippen LogP contribution in [0.3, 0.4) is 0 Å². The van der Waals surface area contributed by atoms with Gasteiger partial charge in [0.25, 0.3) is 10.0 Å². The van der Waals surface area contributed by atoms with E-state index < -0.39 is 10.0 Å². The highest BCUT2D eigenvalue weighted by Gasteiger charge is 2.17. The lowest BCUT2D eigenvalue weighted by molar-refractivity contribution is 0.603. The van der Waals surface area contributed by atoms with Crippen LogP contribution in [0, 0.1) is 0 Å². The second-order valence-electron chi connectivity index (χ2n) is 5.36. The van der Waals surface area contributed by atoms with Crippen LogP contribution >= 0.6 is 22.9 Å². The summed E-state index contributed by atoms with van der Waals surface area (Å²) in [6, 6.07) is 18.0. The van der Waals surface area contributed by atoms with Crippen molar-refractivity contribution >= 4 is 49.6 Å². The second kappa shape index (κ2) is 6.18. The van der Waals surface area contributed by atoms with Crippen molar-refractivity contribution < 1.29 is 8.42 Å². The molecule has 0 spiro atoms. The molecule has 0 atom stereocenters. The average Bonchev–Trinajstić information content (AvgIpc) is 3.22. The van der Waals surface area contributed by atoms with Gasteiger partial charge in [0.2, 0.25) is 0 Å². The fourth-order valence-electron chi connectivity index (χ4n) is 2.54. The molecular weight excluding hydrogens is 378 g/mol. The molecule has 0 amide bonds. The quantitative estimate of drug-likeness (QED) is 0.529. The van der Waals surface area contributed by atoms with Gasteiger partial charge in [-0.05, 0) is 30.3 Å². The molecule has 0 saturated heterocycles. The van der Waals surface area contributed by atoms with Crippen molar-refractivity contribution in [1.29, 1.82) is 0 Å². The predicted molar refractivity (Wildman–Crippen MR) is 102 cm³/mol. The van der Waals surface area contributed by atoms with Crippen LogP contribution in [0.5, 0.6) is 0 Å². The highest BCUT2D eigenvalue weighted by atomic mass is 35.5. The Morgan fingerprint density at radius 1 is 1.04 bits per heavy atom. The maximum Gasteiger partial charge on any atom is 0.271 e. The molecule has 0 aliphatic heterocycles. The molecule has 0 fully saturated rings. The van der Waals surface area contributed by atoms with E-state index in [1.165, 1.54) is 6.07 Å². The lowest BCUT2D eigenvalue weighted by Crippen LogP contribution is -2.11. The lowest BCUT2D eigenvalue weighted by Gasteiger charge is -2.06. The van der Waals surface area contributed by atoms with E-state index in [2.05, 4.69) is 14.9 Å². The van der Waals surface area contributed by atoms with Gasteiger partial charge >= 0.3 is 0 Å². The Labute approximate surface area is 153 Å². The topological polar surface area (TPSA) is 74.8 Å². The number of aromatic amines is 1. The third kappa shape index (κ3) is 3.13. The molecule has 126 valence electrons. The van der Waals surface area contributed by atoms with Crippen LogP contribution in [-0.2, 0) is 10.0 Å². The second-order valence-corrected chi connectivity index (χ2v) is 8.99. The van der Waals surface area contributed by atoms with Crippen molar-refractivity contribution in [3.8, 4) is 11.3 Å². The van der Waals surface area contributed by atoms with E-state index in [1.807, 2.05) is 30.3 Å². The van der Waals surface area contributed by atoms with Gasteiger partial charge in [-0.3, -0.25) is 9.82 Å². The smallest absolute Gasteiger partial charge is 0.271 e. The standard InChI is InChI=1S/C17H12ClN3O2S2/c18-15-8-9-16(24-15)25(22,23)21-12-6-7-14-13(10-12)17(20-19-14)11-4-2-1-3-5-11/h1-10,21H,(H,19,20). The molecule has 0 bridgehead atoms. The Morgan fingerprint density at radius 3 is 2.56 bits per heavy atom. The molecule has 5 nitrogen and oxygen atoms in total. The lowest BCUT2D eigenvalue weighted by atomic mass is 10.1. The SMILES string of the molecule is O=S(=O)(Nc1ccc2[nH]nc(-c3ccccc3)c2c1)c1ccc(Cl)s1. The van der Waals surface area contributed by atoms with Crippen molar-refractivity contribution in [3.05, 3.63) is 65.0 Å². The molecule has 0 aliphatic carbocycles. The number of fused-ring (bicyclic) bond motifs is 1. The van der Waals surface area contributed by atoms with Crippen LogP contribution < -0.4 is 4.72 Å². The molecule has 2 aromatic carbocycles. The molecule has 2 aromatic heterocycles. The van der Waals surface area contributed by atoms with Crippen molar-refractivity contribution in [2.75, 3.05) is 4.72 Å². The zero-order valence-corrected chi connectivity index (χ0v) is 15.1. The fourth-order valence-corrected chi connectivity index (χ4v) is 5.07. The third-order valence-corrected chi connectivity index (χ3v) is 6.78. The molecule has 4 rings (SSSR count). The number of nitrogens with one attached hydrogen (secondary N) is 2. The van der Waals surface area contributed by atoms with E-state index in [1.54, 1.807) is 24.3 Å². The Kier molecular flexibility index (Phi) is 3.99. The Morgan fingerprint density at radius 2 is 1.84 bits per heavy atom. The fraction of sp³-hybridized carbons (Fsp3) is 0. The van der Waals surface area contributed by atoms with Crippen molar-refractivity contribution in [3.63, 3.8) is 0 Å². The summed E-state index contributed by atoms with van der Waals surface area (Å²) in [4.78, 5) is 0. The Balaban J connectivity index is 1.74. The van der Waals surface area contributed by atoms with E-state index in [9.17, 15) is 8.42 Å². The summed E-state index contributed by atoms with van der Waals surface area (Å²) in [5.41, 5.74) is 3.03. The molecule has 8 heteroatoms. The number of H-pyrrole nitrogens is 1. The first kappa shape index (κ1) is 16.1. The molecule has 4 aromatic rings. The summed E-state index contributed by atoms with van der Waals surface area (Å²) < 4.78 is 28.1. The van der Waals surface area contributed by atoms with Crippen LogP contribution in [-0.4, -0.2) is 18.6 Å². The van der Waals surface area contributed by atoms with Crippen LogP contribution in [0.4, 0.5) is 5.69 Å². The largest absolute Gasteiger partial charge is 0.279 e. The van der Waals surface area contributed by atoms with E-state index >= 15 is 0 Å². The van der Waals surface area contributed by atoms with E-state index in [-0.39, 0.29) is 4.21 Å². The minimum Gasteiger partial charge on any atom is -0.279 e. The normalized spacial score (nSPS) is 11.7. The minimum absolute atomic E-state index is 0.174. The number of rotatable bonds is 4. The number of sulfonamides is 1. The van der Waals surface area contributed by atoms with E-state index in [0.29, 0.717) is 10.0 Å². The Hall–Kier alpha value is -2.35. The summed E-state index contributed by atoms with van der Waals surface area (Å²) >= 11 is 6.85. The van der Waals surface area contributed by atoms with Crippen molar-refractivity contribution in [1.82, 2.24) is 10.2 Å². The molecule has 2 heterocycles. The monoisotopic (exact) mass is 389 g/mol. The van der Waals surface area contributed by atoms with Gasteiger partial charge < -0.3 is 0 Å². The van der Waals surface area contributed by atoms with Gasteiger partial charge in [0.1, 0.15) is 4.21 Å². The van der Waals surface area contributed by atoms with E-state index in [4.69, 9.17) is 11.6 Å². The molecule has 0 aliphatic rings. The van der Waals surface area contributed by atoms with Crippen LogP contribution in [0.1, 0.15) is 0 Å². The first-order valence-corrected chi connectivity index (χ1v) is 10.0. The number of aromatic nitrogens is 2. The molecule has 0 saturated carbocycles. The molecule has 25 heavy (non-hydrogen) atoms. The maximum atomic E-state index is 12.5. The van der Waals surface area contributed by atoms with Crippen LogP contribution in [0.2, 0.25) is 4.34 Å². The van der Waals surface area contributed by atoms with Crippen LogP contribution in [0.25, 0.3) is 22.2 Å². The molecule has 0 radical (unpaired) electrons. The van der Waals surface area contributed by atoms with Gasteiger partial charge in [-0.25, -0.2) is 8.42 Å². The number of anilines is 1. The third-order valence-electron chi connectivity index (χ3n) is 3.68. The van der Waals surface area contributed by atoms with Gasteiger partial charge in [-0.2, -0.15) is 5.10 Å². The maximum absolute atomic E-state index is 12.5. The van der Waals surface area contributed by atoms with Crippen molar-refractivity contribution in [2.45, 2.75) is 4.21 Å². The molecule has 2 N–H and O–H groups in total. The summed E-state index contributed by atoms with van der Waals surface area (Å²) in [6.07, 6.45) is 0. The van der Waals surface area contributed by atoms with E-state index in [0.717, 1.165) is 33.5 Å². The average molecular weight is 390 g/mol. The summed E-state index contributed by atoms with van der Waals surface area (Å²) in [5.74, 6) is 0. The number of thiophene rings is 1. The highest BCUT2D eigenvalue weighted by Crippen LogP contribution is 2.31. The van der Waals surface area contributed by atoms with Crippen molar-refractivity contribution in [2.24, 2.45) is 0 Å². The van der Waals surface area contributed by atoms with Gasteiger partial charge in [0, 0.05) is 16.6 Å². The van der Waals surface area contributed by atoms with Gasteiger partial charge in [0.05, 0.1) is 15.5 Å². The number of halogens is 1. The zero-order valence-electron chi connectivity index (χ0n) is 12.7. The number of hydrogen-bond donors (Lipinski definition) is 2. The molecular formula is C17H12ClN3O2S2. The summed E-state index contributed by atoms with van der Waals surface area (Å²) in [5, 5.41) is 8.16. The number of nitrogens with zero attached hydrogens (tertiary/aromatic N) is 1. The summed E-state index contributed by atoms with van der Waals surface area (Å²) in [6.45, 7) is 0. The highest BCUT2D eigenvalue weighted by molar-refractivity contribution is 7.94. The minimum atomic E-state index is -3.67.